The summed E-state index contributed by atoms with van der Waals surface area (Å²) < 4.78 is 0. The highest BCUT2D eigenvalue weighted by molar-refractivity contribution is 7.09. The Morgan fingerprint density at radius 3 is 2.77 bits per heavy atom. The van der Waals surface area contributed by atoms with E-state index in [-0.39, 0.29) is 0 Å². The number of nitrogens with two attached hydrogens (primary N) is 1. The third-order valence-corrected chi connectivity index (χ3v) is 2.55. The topological polar surface area (TPSA) is 51.8 Å². The van der Waals surface area contributed by atoms with Crippen molar-refractivity contribution in [1.29, 1.82) is 0 Å². The Morgan fingerprint density at radius 2 is 2.15 bits per heavy atom. The molecule has 66 valence electrons. The minimum atomic E-state index is 0.468. The molecule has 2 aromatic rings. The van der Waals surface area contributed by atoms with Crippen LogP contribution in [-0.2, 0) is 6.42 Å². The maximum absolute atomic E-state index is 5.43. The van der Waals surface area contributed by atoms with Gasteiger partial charge in [-0.05, 0) is 23.6 Å². The second kappa shape index (κ2) is 3.53. The first-order valence-electron chi connectivity index (χ1n) is 3.95. The van der Waals surface area contributed by atoms with Crippen LogP contribution >= 0.6 is 11.3 Å². The molecule has 4 heteroatoms. The van der Waals surface area contributed by atoms with Crippen molar-refractivity contribution in [3.8, 4) is 0 Å². The molecule has 0 fully saturated rings. The normalized spacial score (nSPS) is 10.2. The first-order valence-corrected chi connectivity index (χ1v) is 4.83. The van der Waals surface area contributed by atoms with Gasteiger partial charge in [0.25, 0.3) is 0 Å². The molecule has 0 spiro atoms. The minimum absolute atomic E-state index is 0.468. The summed E-state index contributed by atoms with van der Waals surface area (Å²) in [4.78, 5) is 1.29. The zero-order valence-electron chi connectivity index (χ0n) is 6.97. The Morgan fingerprint density at radius 1 is 1.23 bits per heavy atom. The lowest BCUT2D eigenvalue weighted by atomic mass is 10.2. The van der Waals surface area contributed by atoms with Crippen LogP contribution in [0.1, 0.15) is 10.6 Å². The molecule has 2 heterocycles. The number of anilines is 1. The lowest BCUT2D eigenvalue weighted by Crippen LogP contribution is -1.96. The molecule has 2 rings (SSSR count). The number of aromatic nitrogens is 2. The summed E-state index contributed by atoms with van der Waals surface area (Å²) in [6.45, 7) is 0. The van der Waals surface area contributed by atoms with Crippen LogP contribution in [0.2, 0.25) is 0 Å². The molecular weight excluding hydrogens is 182 g/mol. The van der Waals surface area contributed by atoms with E-state index in [0.29, 0.717) is 5.82 Å². The predicted molar refractivity (Wildman–Crippen MR) is 53.6 cm³/mol. The molecule has 0 radical (unpaired) electrons. The van der Waals surface area contributed by atoms with Crippen LogP contribution in [-0.4, -0.2) is 10.2 Å². The Labute approximate surface area is 80.2 Å². The Hall–Kier alpha value is -1.42. The Balaban J connectivity index is 2.15. The third kappa shape index (κ3) is 2.03. The molecule has 0 aromatic carbocycles. The van der Waals surface area contributed by atoms with Crippen LogP contribution in [0.3, 0.4) is 0 Å². The van der Waals surface area contributed by atoms with Crippen LogP contribution in [0.4, 0.5) is 5.82 Å². The molecule has 0 aliphatic carbocycles. The Kier molecular flexibility index (Phi) is 2.23. The molecule has 0 aliphatic heterocycles. The van der Waals surface area contributed by atoms with E-state index in [1.54, 1.807) is 17.4 Å². The molecule has 0 saturated heterocycles. The van der Waals surface area contributed by atoms with E-state index < -0.39 is 0 Å². The monoisotopic (exact) mass is 191 g/mol. The van der Waals surface area contributed by atoms with Gasteiger partial charge in [-0.15, -0.1) is 16.4 Å². The van der Waals surface area contributed by atoms with E-state index in [1.165, 1.54) is 4.88 Å². The number of thiophene rings is 1. The van der Waals surface area contributed by atoms with E-state index in [1.807, 2.05) is 12.1 Å². The summed E-state index contributed by atoms with van der Waals surface area (Å²) in [5.74, 6) is 0.468. The quantitative estimate of drug-likeness (QED) is 0.786. The van der Waals surface area contributed by atoms with Gasteiger partial charge in [0.1, 0.15) is 5.82 Å². The molecule has 2 aromatic heterocycles. The van der Waals surface area contributed by atoms with Gasteiger partial charge in [0.15, 0.2) is 0 Å². The standard InChI is InChI=1S/C9H9N3S/c10-9-4-3-7(11-12-9)6-8-2-1-5-13-8/h1-5H,6H2,(H2,10,12). The zero-order chi connectivity index (χ0) is 9.10. The van der Waals surface area contributed by atoms with Gasteiger partial charge >= 0.3 is 0 Å². The smallest absolute Gasteiger partial charge is 0.146 e. The summed E-state index contributed by atoms with van der Waals surface area (Å²) >= 11 is 1.72. The summed E-state index contributed by atoms with van der Waals surface area (Å²) in [7, 11) is 0. The lowest BCUT2D eigenvalue weighted by Gasteiger charge is -1.96. The molecule has 0 saturated carbocycles. The molecule has 0 aliphatic rings. The van der Waals surface area contributed by atoms with Crippen molar-refractivity contribution in [1.82, 2.24) is 10.2 Å². The summed E-state index contributed by atoms with van der Waals surface area (Å²) in [6.07, 6.45) is 0.838. The van der Waals surface area contributed by atoms with E-state index in [0.717, 1.165) is 12.1 Å². The van der Waals surface area contributed by atoms with Crippen molar-refractivity contribution < 1.29 is 0 Å². The van der Waals surface area contributed by atoms with Crippen LogP contribution in [0.25, 0.3) is 0 Å². The summed E-state index contributed by atoms with van der Waals surface area (Å²) in [6, 6.07) is 7.80. The van der Waals surface area contributed by atoms with E-state index >= 15 is 0 Å². The van der Waals surface area contributed by atoms with Crippen molar-refractivity contribution in [2.75, 3.05) is 5.73 Å². The fourth-order valence-electron chi connectivity index (χ4n) is 1.06. The average Bonchev–Trinajstić information content (AvgIpc) is 2.62. The largest absolute Gasteiger partial charge is 0.382 e. The van der Waals surface area contributed by atoms with Gasteiger partial charge in [0.2, 0.25) is 0 Å². The van der Waals surface area contributed by atoms with Crippen molar-refractivity contribution in [3.63, 3.8) is 0 Å². The zero-order valence-corrected chi connectivity index (χ0v) is 7.79. The van der Waals surface area contributed by atoms with Crippen LogP contribution < -0.4 is 5.73 Å². The highest BCUT2D eigenvalue weighted by Crippen LogP contribution is 2.12. The molecular formula is C9H9N3S. The predicted octanol–water partition coefficient (Wildman–Crippen LogP) is 1.71. The number of rotatable bonds is 2. The fourth-order valence-corrected chi connectivity index (χ4v) is 1.78. The van der Waals surface area contributed by atoms with Gasteiger partial charge in [0, 0.05) is 11.3 Å². The highest BCUT2D eigenvalue weighted by Gasteiger charge is 1.98. The highest BCUT2D eigenvalue weighted by atomic mass is 32.1. The second-order valence-electron chi connectivity index (χ2n) is 2.71. The van der Waals surface area contributed by atoms with Crippen molar-refractivity contribution in [2.45, 2.75) is 6.42 Å². The number of hydrogen-bond acceptors (Lipinski definition) is 4. The molecule has 3 nitrogen and oxygen atoms in total. The lowest BCUT2D eigenvalue weighted by molar-refractivity contribution is 0.952. The third-order valence-electron chi connectivity index (χ3n) is 1.68. The maximum atomic E-state index is 5.43. The summed E-state index contributed by atoms with van der Waals surface area (Å²) in [5, 5.41) is 9.83. The molecule has 0 unspecified atom stereocenters. The minimum Gasteiger partial charge on any atom is -0.382 e. The molecule has 13 heavy (non-hydrogen) atoms. The van der Waals surface area contributed by atoms with Gasteiger partial charge in [-0.3, -0.25) is 0 Å². The SMILES string of the molecule is Nc1ccc(Cc2cccs2)nn1. The molecule has 0 bridgehead atoms. The van der Waals surface area contributed by atoms with Gasteiger partial charge in [0.05, 0.1) is 5.69 Å². The first-order chi connectivity index (χ1) is 6.34. The van der Waals surface area contributed by atoms with E-state index in [4.69, 9.17) is 5.73 Å². The van der Waals surface area contributed by atoms with Crippen molar-refractivity contribution in [2.24, 2.45) is 0 Å². The molecule has 0 atom stereocenters. The van der Waals surface area contributed by atoms with Gasteiger partial charge in [-0.2, -0.15) is 5.10 Å². The van der Waals surface area contributed by atoms with E-state index in [9.17, 15) is 0 Å². The Bertz CT molecular complexity index is 366. The van der Waals surface area contributed by atoms with Crippen molar-refractivity contribution >= 4 is 17.2 Å². The second-order valence-corrected chi connectivity index (χ2v) is 3.74. The van der Waals surface area contributed by atoms with Crippen LogP contribution in [0, 0.1) is 0 Å². The first kappa shape index (κ1) is 8.19. The van der Waals surface area contributed by atoms with Gasteiger partial charge < -0.3 is 5.73 Å². The van der Waals surface area contributed by atoms with Gasteiger partial charge in [-0.25, -0.2) is 0 Å². The molecule has 2 N–H and O–H groups in total. The molecule has 0 amide bonds. The van der Waals surface area contributed by atoms with E-state index in [2.05, 4.69) is 21.6 Å². The maximum Gasteiger partial charge on any atom is 0.146 e. The number of hydrogen-bond donors (Lipinski definition) is 1. The summed E-state index contributed by atoms with van der Waals surface area (Å²) in [5.41, 5.74) is 6.38. The fraction of sp³-hybridized carbons (Fsp3) is 0.111. The number of nitrogen functional groups attached to an aromatic ring is 1. The average molecular weight is 191 g/mol. The van der Waals surface area contributed by atoms with Crippen LogP contribution in [0.15, 0.2) is 29.6 Å². The number of nitrogens with zero attached hydrogens (tertiary/aromatic N) is 2. The van der Waals surface area contributed by atoms with Crippen LogP contribution in [0.5, 0.6) is 0 Å². The van der Waals surface area contributed by atoms with Crippen molar-refractivity contribution in [3.05, 3.63) is 40.2 Å². The van der Waals surface area contributed by atoms with Gasteiger partial charge in [-0.1, -0.05) is 6.07 Å².